The molecular formula is C19H15Cl2N3O3S2. The van der Waals surface area contributed by atoms with E-state index in [9.17, 15) is 13.2 Å². The summed E-state index contributed by atoms with van der Waals surface area (Å²) in [5.74, 6) is -0.552. The largest absolute Gasteiger partial charge is 0.298 e. The number of carbonyl (C=O) groups excluding carboxylic acids is 1. The maximum atomic E-state index is 13.3. The highest BCUT2D eigenvalue weighted by Crippen LogP contribution is 2.28. The number of hydrogen-bond donors (Lipinski definition) is 1. The lowest BCUT2D eigenvalue weighted by atomic mass is 10.2. The molecule has 0 radical (unpaired) electrons. The molecule has 6 nitrogen and oxygen atoms in total. The fourth-order valence-electron chi connectivity index (χ4n) is 2.48. The summed E-state index contributed by atoms with van der Waals surface area (Å²) in [5.41, 5.74) is 0.440. The molecule has 3 rings (SSSR count). The molecule has 1 aromatic heterocycles. The van der Waals surface area contributed by atoms with Crippen molar-refractivity contribution in [2.45, 2.75) is 4.90 Å². The second kappa shape index (κ2) is 8.96. The average Bonchev–Trinajstić information content (AvgIpc) is 3.20. The number of amides is 1. The normalized spacial score (nSPS) is 11.1. The minimum absolute atomic E-state index is 0.0256. The molecule has 0 aliphatic rings. The number of benzene rings is 2. The Morgan fingerprint density at radius 2 is 1.93 bits per heavy atom. The molecule has 0 saturated carbocycles. The molecular weight excluding hydrogens is 453 g/mol. The van der Waals surface area contributed by atoms with Crippen molar-refractivity contribution in [1.29, 1.82) is 0 Å². The molecule has 10 heteroatoms. The van der Waals surface area contributed by atoms with Crippen LogP contribution in [0.4, 0.5) is 10.8 Å². The van der Waals surface area contributed by atoms with Crippen LogP contribution in [0.25, 0.3) is 0 Å². The maximum absolute atomic E-state index is 13.3. The monoisotopic (exact) mass is 467 g/mol. The van der Waals surface area contributed by atoms with Gasteiger partial charge in [-0.15, -0.1) is 17.9 Å². The summed E-state index contributed by atoms with van der Waals surface area (Å²) in [6, 6.07) is 10.3. The Morgan fingerprint density at radius 3 is 2.55 bits per heavy atom. The van der Waals surface area contributed by atoms with Crippen molar-refractivity contribution in [3.63, 3.8) is 0 Å². The van der Waals surface area contributed by atoms with Gasteiger partial charge in [0.15, 0.2) is 5.13 Å². The van der Waals surface area contributed by atoms with Gasteiger partial charge in [0.2, 0.25) is 0 Å². The molecule has 0 aliphatic heterocycles. The fourth-order valence-corrected chi connectivity index (χ4v) is 4.80. The number of nitrogens with one attached hydrogen (secondary N) is 1. The van der Waals surface area contributed by atoms with Gasteiger partial charge in [0.05, 0.1) is 27.7 Å². The second-order valence-corrected chi connectivity index (χ2v) is 9.33. The van der Waals surface area contributed by atoms with Crippen molar-refractivity contribution in [1.82, 2.24) is 4.98 Å². The van der Waals surface area contributed by atoms with E-state index in [1.807, 2.05) is 0 Å². The van der Waals surface area contributed by atoms with E-state index in [0.29, 0.717) is 15.8 Å². The van der Waals surface area contributed by atoms with Crippen molar-refractivity contribution in [2.75, 3.05) is 16.2 Å². The topological polar surface area (TPSA) is 79.4 Å². The van der Waals surface area contributed by atoms with Crippen LogP contribution in [0.3, 0.4) is 0 Å². The van der Waals surface area contributed by atoms with E-state index in [1.165, 1.54) is 39.9 Å². The van der Waals surface area contributed by atoms with E-state index in [4.69, 9.17) is 23.2 Å². The molecule has 1 amide bonds. The summed E-state index contributed by atoms with van der Waals surface area (Å²) in [4.78, 5) is 16.4. The van der Waals surface area contributed by atoms with Gasteiger partial charge in [0, 0.05) is 16.6 Å². The number of carbonyl (C=O) groups is 1. The molecule has 0 unspecified atom stereocenters. The summed E-state index contributed by atoms with van der Waals surface area (Å²) < 4.78 is 27.7. The summed E-state index contributed by atoms with van der Waals surface area (Å²) >= 11 is 13.3. The van der Waals surface area contributed by atoms with Crippen LogP contribution in [0.2, 0.25) is 10.0 Å². The van der Waals surface area contributed by atoms with Crippen LogP contribution in [0.5, 0.6) is 0 Å². The minimum Gasteiger partial charge on any atom is -0.298 e. The van der Waals surface area contributed by atoms with Gasteiger partial charge in [-0.05, 0) is 42.5 Å². The summed E-state index contributed by atoms with van der Waals surface area (Å²) in [6.07, 6.45) is 3.01. The molecule has 3 aromatic rings. The third-order valence-electron chi connectivity index (χ3n) is 3.83. The van der Waals surface area contributed by atoms with Crippen LogP contribution in [0.15, 0.2) is 71.6 Å². The average molecular weight is 468 g/mol. The zero-order chi connectivity index (χ0) is 21.0. The minimum atomic E-state index is -4.00. The molecule has 0 aliphatic carbocycles. The first-order chi connectivity index (χ1) is 13.8. The smallest absolute Gasteiger partial charge is 0.264 e. The van der Waals surface area contributed by atoms with Crippen LogP contribution in [0.1, 0.15) is 10.4 Å². The zero-order valence-electron chi connectivity index (χ0n) is 14.9. The van der Waals surface area contributed by atoms with Gasteiger partial charge < -0.3 is 0 Å². The van der Waals surface area contributed by atoms with Crippen LogP contribution in [-0.2, 0) is 10.0 Å². The Morgan fingerprint density at radius 1 is 1.21 bits per heavy atom. The van der Waals surface area contributed by atoms with Gasteiger partial charge >= 0.3 is 0 Å². The van der Waals surface area contributed by atoms with Gasteiger partial charge in [0.25, 0.3) is 15.9 Å². The van der Waals surface area contributed by atoms with E-state index >= 15 is 0 Å². The number of hydrogen-bond acceptors (Lipinski definition) is 5. The second-order valence-electron chi connectivity index (χ2n) is 5.73. The molecule has 150 valence electrons. The van der Waals surface area contributed by atoms with Gasteiger partial charge in [-0.1, -0.05) is 29.3 Å². The standard InChI is InChI=1S/C19H15Cl2N3O3S2/c1-2-10-24(14-5-3-13(20)4-6-14)29(26,27)15-7-8-17(21)16(12-15)18(25)23-19-22-9-11-28-19/h2-9,11-12H,1,10H2,(H,22,23,25). The third kappa shape index (κ3) is 4.79. The number of aromatic nitrogens is 1. The highest BCUT2D eigenvalue weighted by Gasteiger charge is 2.26. The predicted octanol–water partition coefficient (Wildman–Crippen LogP) is 5.08. The molecule has 0 fully saturated rings. The number of halogens is 2. The van der Waals surface area contributed by atoms with Crippen molar-refractivity contribution in [3.05, 3.63) is 82.3 Å². The van der Waals surface area contributed by atoms with Gasteiger partial charge in [-0.25, -0.2) is 13.4 Å². The van der Waals surface area contributed by atoms with E-state index in [1.54, 1.807) is 35.8 Å². The van der Waals surface area contributed by atoms with E-state index < -0.39 is 15.9 Å². The Balaban J connectivity index is 1.99. The first-order valence-electron chi connectivity index (χ1n) is 8.22. The number of anilines is 2. The van der Waals surface area contributed by atoms with Gasteiger partial charge in [0.1, 0.15) is 0 Å². The Hall–Kier alpha value is -2.39. The number of thiazole rings is 1. The molecule has 0 saturated heterocycles. The fraction of sp³-hybridized carbons (Fsp3) is 0.0526. The van der Waals surface area contributed by atoms with Gasteiger partial charge in [-0.2, -0.15) is 0 Å². The maximum Gasteiger partial charge on any atom is 0.264 e. The number of nitrogens with zero attached hydrogens (tertiary/aromatic N) is 2. The lowest BCUT2D eigenvalue weighted by Gasteiger charge is -2.23. The van der Waals surface area contributed by atoms with E-state index in [2.05, 4.69) is 16.9 Å². The molecule has 0 bridgehead atoms. The molecule has 29 heavy (non-hydrogen) atoms. The predicted molar refractivity (Wildman–Crippen MR) is 118 cm³/mol. The van der Waals surface area contributed by atoms with Gasteiger partial charge in [-0.3, -0.25) is 14.4 Å². The molecule has 0 atom stereocenters. The van der Waals surface area contributed by atoms with Crippen LogP contribution in [0, 0.1) is 0 Å². The molecule has 0 spiro atoms. The van der Waals surface area contributed by atoms with Crippen LogP contribution < -0.4 is 9.62 Å². The van der Waals surface area contributed by atoms with Crippen molar-refractivity contribution in [2.24, 2.45) is 0 Å². The van der Waals surface area contributed by atoms with Crippen LogP contribution >= 0.6 is 34.5 Å². The Labute approximate surface area is 182 Å². The molecule has 2 aromatic carbocycles. The lowest BCUT2D eigenvalue weighted by Crippen LogP contribution is -2.31. The SMILES string of the molecule is C=CCN(c1ccc(Cl)cc1)S(=O)(=O)c1ccc(Cl)c(C(=O)Nc2nccs2)c1. The summed E-state index contributed by atoms with van der Waals surface area (Å²) in [5, 5.41) is 5.29. The van der Waals surface area contributed by atoms with Crippen LogP contribution in [-0.4, -0.2) is 25.9 Å². The quantitative estimate of drug-likeness (QED) is 0.491. The first-order valence-corrected chi connectivity index (χ1v) is 11.3. The lowest BCUT2D eigenvalue weighted by molar-refractivity contribution is 0.102. The van der Waals surface area contributed by atoms with E-state index in [-0.39, 0.29) is 22.0 Å². The number of rotatable bonds is 7. The zero-order valence-corrected chi connectivity index (χ0v) is 18.0. The van der Waals surface area contributed by atoms with Crippen molar-refractivity contribution in [3.8, 4) is 0 Å². The third-order valence-corrected chi connectivity index (χ3v) is 6.89. The number of sulfonamides is 1. The summed E-state index contributed by atoms with van der Waals surface area (Å²) in [7, 11) is -4.00. The van der Waals surface area contributed by atoms with Crippen molar-refractivity contribution < 1.29 is 13.2 Å². The van der Waals surface area contributed by atoms with Crippen molar-refractivity contribution >= 4 is 61.3 Å². The van der Waals surface area contributed by atoms with E-state index in [0.717, 1.165) is 0 Å². The molecule has 1 N–H and O–H groups in total. The first kappa shape index (κ1) is 21.3. The summed E-state index contributed by atoms with van der Waals surface area (Å²) in [6.45, 7) is 3.66. The highest BCUT2D eigenvalue weighted by atomic mass is 35.5. The molecule has 1 heterocycles. The highest BCUT2D eigenvalue weighted by molar-refractivity contribution is 7.92. The Bertz CT molecular complexity index is 1130. The Kier molecular flexibility index (Phi) is 6.59.